The second-order valence-corrected chi connectivity index (χ2v) is 5.15. The van der Waals surface area contributed by atoms with Crippen molar-refractivity contribution in [2.24, 2.45) is 0 Å². The molecular formula is C13H18N6O2. The van der Waals surface area contributed by atoms with Crippen LogP contribution in [0.3, 0.4) is 0 Å². The molecule has 0 aliphatic heterocycles. The van der Waals surface area contributed by atoms with Crippen LogP contribution in [0.25, 0.3) is 0 Å². The summed E-state index contributed by atoms with van der Waals surface area (Å²) in [4.78, 5) is 15.4. The molecule has 0 saturated heterocycles. The molecule has 1 aliphatic rings. The van der Waals surface area contributed by atoms with Crippen molar-refractivity contribution in [1.29, 1.82) is 0 Å². The largest absolute Gasteiger partial charge is 0.476 e. The number of aromatic nitrogens is 5. The lowest BCUT2D eigenvalue weighted by atomic mass is 9.91. The molecule has 21 heavy (non-hydrogen) atoms. The maximum atomic E-state index is 11.3. The van der Waals surface area contributed by atoms with Crippen LogP contribution in [0.1, 0.15) is 40.9 Å². The number of aryl methyl sites for hydroxylation is 1. The van der Waals surface area contributed by atoms with Crippen molar-refractivity contribution < 1.29 is 9.90 Å². The Morgan fingerprint density at radius 2 is 2.48 bits per heavy atom. The summed E-state index contributed by atoms with van der Waals surface area (Å²) in [5.41, 5.74) is 2.12. The van der Waals surface area contributed by atoms with Gasteiger partial charge in [-0.3, -0.25) is 9.78 Å². The third-order valence-electron chi connectivity index (χ3n) is 3.87. The van der Waals surface area contributed by atoms with Crippen LogP contribution >= 0.6 is 0 Å². The second-order valence-electron chi connectivity index (χ2n) is 5.15. The highest BCUT2D eigenvalue weighted by Gasteiger charge is 2.28. The quantitative estimate of drug-likeness (QED) is 0.734. The van der Waals surface area contributed by atoms with Gasteiger partial charge in [-0.15, -0.1) is 0 Å². The standard InChI is InChI=1S/C13H18N6O2/c1-2-19-10-4-3-8(14-6-11-15-7-16-17-11)5-9(10)12(18-19)13(20)21/h7-8,14H,2-6H2,1H3,(H,20,21)(H,15,16,17). The van der Waals surface area contributed by atoms with Crippen LogP contribution in [-0.4, -0.2) is 42.1 Å². The molecule has 0 saturated carbocycles. The van der Waals surface area contributed by atoms with Crippen LogP contribution in [0.15, 0.2) is 6.33 Å². The van der Waals surface area contributed by atoms with Crippen molar-refractivity contribution in [3.63, 3.8) is 0 Å². The van der Waals surface area contributed by atoms with Gasteiger partial charge in [0.15, 0.2) is 5.69 Å². The van der Waals surface area contributed by atoms with Gasteiger partial charge in [0.1, 0.15) is 12.2 Å². The second kappa shape index (κ2) is 5.65. The Morgan fingerprint density at radius 1 is 1.62 bits per heavy atom. The summed E-state index contributed by atoms with van der Waals surface area (Å²) in [5.74, 6) is -0.169. The highest BCUT2D eigenvalue weighted by atomic mass is 16.4. The average Bonchev–Trinajstić information content (AvgIpc) is 3.12. The number of aromatic amines is 1. The monoisotopic (exact) mass is 290 g/mol. The van der Waals surface area contributed by atoms with Gasteiger partial charge in [0, 0.05) is 23.8 Å². The van der Waals surface area contributed by atoms with Crippen molar-refractivity contribution in [1.82, 2.24) is 30.3 Å². The summed E-state index contributed by atoms with van der Waals surface area (Å²) in [6.07, 6.45) is 3.97. The van der Waals surface area contributed by atoms with Crippen LogP contribution in [-0.2, 0) is 25.9 Å². The number of carboxylic acids is 1. The molecule has 1 atom stereocenters. The number of nitrogens with zero attached hydrogens (tertiary/aromatic N) is 4. The van der Waals surface area contributed by atoms with Crippen LogP contribution in [0, 0.1) is 0 Å². The molecule has 0 aromatic carbocycles. The third-order valence-corrected chi connectivity index (χ3v) is 3.87. The number of hydrogen-bond donors (Lipinski definition) is 3. The van der Waals surface area contributed by atoms with E-state index in [1.807, 2.05) is 11.6 Å². The van der Waals surface area contributed by atoms with Crippen molar-refractivity contribution in [2.75, 3.05) is 0 Å². The van der Waals surface area contributed by atoms with E-state index in [1.54, 1.807) is 0 Å². The first-order valence-corrected chi connectivity index (χ1v) is 7.08. The van der Waals surface area contributed by atoms with Crippen LogP contribution in [0.5, 0.6) is 0 Å². The molecule has 0 radical (unpaired) electrons. The highest BCUT2D eigenvalue weighted by Crippen LogP contribution is 2.25. The van der Waals surface area contributed by atoms with Crippen LogP contribution < -0.4 is 5.32 Å². The number of nitrogens with one attached hydrogen (secondary N) is 2. The van der Waals surface area contributed by atoms with Gasteiger partial charge in [0.05, 0.1) is 6.54 Å². The zero-order valence-corrected chi connectivity index (χ0v) is 11.8. The molecule has 1 unspecified atom stereocenters. The van der Waals surface area contributed by atoms with Crippen molar-refractivity contribution >= 4 is 5.97 Å². The van der Waals surface area contributed by atoms with E-state index in [1.165, 1.54) is 6.33 Å². The van der Waals surface area contributed by atoms with Gasteiger partial charge in [-0.25, -0.2) is 9.78 Å². The minimum absolute atomic E-state index is 0.193. The molecule has 112 valence electrons. The summed E-state index contributed by atoms with van der Waals surface area (Å²) >= 11 is 0. The fraction of sp³-hybridized carbons (Fsp3) is 0.538. The Hall–Kier alpha value is -2.22. The Balaban J connectivity index is 1.74. The molecule has 2 aromatic rings. The molecular weight excluding hydrogens is 272 g/mol. The molecule has 3 rings (SSSR count). The molecule has 1 aliphatic carbocycles. The van der Waals surface area contributed by atoms with Gasteiger partial charge in [-0.05, 0) is 26.2 Å². The van der Waals surface area contributed by atoms with E-state index in [0.717, 1.165) is 29.9 Å². The first-order valence-electron chi connectivity index (χ1n) is 7.08. The fourth-order valence-corrected chi connectivity index (χ4v) is 2.85. The van der Waals surface area contributed by atoms with Crippen molar-refractivity contribution in [2.45, 2.75) is 45.3 Å². The maximum absolute atomic E-state index is 11.3. The van der Waals surface area contributed by atoms with Crippen molar-refractivity contribution in [3.8, 4) is 0 Å². The predicted molar refractivity (Wildman–Crippen MR) is 73.9 cm³/mol. The van der Waals surface area contributed by atoms with Gasteiger partial charge in [0.2, 0.25) is 0 Å². The van der Waals surface area contributed by atoms with E-state index in [0.29, 0.717) is 19.5 Å². The minimum Gasteiger partial charge on any atom is -0.476 e. The number of aromatic carboxylic acids is 1. The Morgan fingerprint density at radius 3 is 3.14 bits per heavy atom. The number of carboxylic acid groups (broad SMARTS) is 1. The summed E-state index contributed by atoms with van der Waals surface area (Å²) in [6.45, 7) is 3.28. The number of hydrogen-bond acceptors (Lipinski definition) is 5. The molecule has 2 heterocycles. The SMILES string of the molecule is CCn1nc(C(=O)O)c2c1CCC(NCc1ncn[nH]1)C2. The molecule has 2 aromatic heterocycles. The molecule has 8 nitrogen and oxygen atoms in total. The first kappa shape index (κ1) is 13.7. The van der Waals surface area contributed by atoms with Gasteiger partial charge in [-0.2, -0.15) is 10.2 Å². The van der Waals surface area contributed by atoms with Gasteiger partial charge in [0.25, 0.3) is 0 Å². The van der Waals surface area contributed by atoms with E-state index >= 15 is 0 Å². The normalized spacial score (nSPS) is 17.7. The summed E-state index contributed by atoms with van der Waals surface area (Å²) in [6, 6.07) is 0.232. The lowest BCUT2D eigenvalue weighted by molar-refractivity contribution is 0.0688. The van der Waals surface area contributed by atoms with E-state index in [2.05, 4.69) is 25.6 Å². The fourth-order valence-electron chi connectivity index (χ4n) is 2.85. The number of carbonyl (C=O) groups is 1. The third kappa shape index (κ3) is 2.66. The predicted octanol–water partition coefficient (Wildman–Crippen LogP) is 0.366. The average molecular weight is 290 g/mol. The highest BCUT2D eigenvalue weighted by molar-refractivity contribution is 5.87. The maximum Gasteiger partial charge on any atom is 0.356 e. The zero-order chi connectivity index (χ0) is 14.8. The van der Waals surface area contributed by atoms with E-state index < -0.39 is 5.97 Å². The van der Waals surface area contributed by atoms with Crippen LogP contribution in [0.4, 0.5) is 0 Å². The van der Waals surface area contributed by atoms with E-state index in [-0.39, 0.29) is 11.7 Å². The number of H-pyrrole nitrogens is 1. The lowest BCUT2D eigenvalue weighted by Crippen LogP contribution is -2.35. The van der Waals surface area contributed by atoms with Gasteiger partial charge in [-0.1, -0.05) is 0 Å². The van der Waals surface area contributed by atoms with Crippen LogP contribution in [0.2, 0.25) is 0 Å². The topological polar surface area (TPSA) is 109 Å². The Bertz CT molecular complexity index is 633. The molecule has 0 amide bonds. The van der Waals surface area contributed by atoms with Gasteiger partial charge >= 0.3 is 5.97 Å². The molecule has 0 spiro atoms. The Kier molecular flexibility index (Phi) is 3.70. The lowest BCUT2D eigenvalue weighted by Gasteiger charge is -2.23. The number of rotatable bonds is 5. The minimum atomic E-state index is -0.950. The molecule has 3 N–H and O–H groups in total. The molecule has 8 heteroatoms. The number of fused-ring (bicyclic) bond motifs is 1. The summed E-state index contributed by atoms with van der Waals surface area (Å²) in [5, 5.41) is 23.5. The van der Waals surface area contributed by atoms with E-state index in [9.17, 15) is 9.90 Å². The Labute approximate surface area is 121 Å². The van der Waals surface area contributed by atoms with Crippen molar-refractivity contribution in [3.05, 3.63) is 29.1 Å². The van der Waals surface area contributed by atoms with Gasteiger partial charge < -0.3 is 10.4 Å². The zero-order valence-electron chi connectivity index (χ0n) is 11.8. The van der Waals surface area contributed by atoms with E-state index in [4.69, 9.17) is 0 Å². The summed E-state index contributed by atoms with van der Waals surface area (Å²) in [7, 11) is 0. The molecule has 0 bridgehead atoms. The smallest absolute Gasteiger partial charge is 0.356 e. The first-order chi connectivity index (χ1) is 10.2. The molecule has 0 fully saturated rings. The summed E-state index contributed by atoms with van der Waals surface area (Å²) < 4.78 is 1.81.